The Morgan fingerprint density at radius 2 is 2.00 bits per heavy atom. The summed E-state index contributed by atoms with van der Waals surface area (Å²) in [7, 11) is 0. The van der Waals surface area contributed by atoms with E-state index in [1.165, 1.54) is 28.0 Å². The smallest absolute Gasteiger partial charge is 0.261 e. The van der Waals surface area contributed by atoms with Gasteiger partial charge in [0.2, 0.25) is 0 Å². The van der Waals surface area contributed by atoms with Crippen LogP contribution in [0.4, 0.5) is 0 Å². The summed E-state index contributed by atoms with van der Waals surface area (Å²) in [5.74, 6) is 0.00287. The number of aromatic nitrogens is 2. The highest BCUT2D eigenvalue weighted by Crippen LogP contribution is 2.33. The summed E-state index contributed by atoms with van der Waals surface area (Å²) in [6, 6.07) is 18.8. The Morgan fingerprint density at radius 1 is 1.14 bits per heavy atom. The summed E-state index contributed by atoms with van der Waals surface area (Å²) >= 11 is 1.51. The Morgan fingerprint density at radius 3 is 2.86 bits per heavy atom. The predicted molar refractivity (Wildman–Crippen MR) is 118 cm³/mol. The summed E-state index contributed by atoms with van der Waals surface area (Å²) in [6.45, 7) is 4.08. The monoisotopic (exact) mass is 401 g/mol. The largest absolute Gasteiger partial charge is 0.345 e. The Hall–Kier alpha value is -2.92. The first kappa shape index (κ1) is 18.1. The van der Waals surface area contributed by atoms with E-state index in [9.17, 15) is 4.79 Å². The van der Waals surface area contributed by atoms with Crippen LogP contribution in [0.2, 0.25) is 0 Å². The van der Waals surface area contributed by atoms with Gasteiger partial charge >= 0.3 is 0 Å². The molecule has 0 aliphatic heterocycles. The summed E-state index contributed by atoms with van der Waals surface area (Å²) in [5, 5.41) is 9.02. The van der Waals surface area contributed by atoms with E-state index in [-0.39, 0.29) is 11.9 Å². The van der Waals surface area contributed by atoms with E-state index in [1.807, 2.05) is 23.7 Å². The Kier molecular flexibility index (Phi) is 4.47. The summed E-state index contributed by atoms with van der Waals surface area (Å²) < 4.78 is 1.95. The number of rotatable bonds is 3. The average Bonchev–Trinajstić information content (AvgIpc) is 3.29. The van der Waals surface area contributed by atoms with Gasteiger partial charge in [0.05, 0.1) is 22.3 Å². The fraction of sp³-hybridized carbons (Fsp3) is 0.250. The fourth-order valence-electron chi connectivity index (χ4n) is 4.23. The van der Waals surface area contributed by atoms with Gasteiger partial charge < -0.3 is 5.32 Å². The molecular weight excluding hydrogens is 378 g/mol. The zero-order chi connectivity index (χ0) is 20.0. The number of benzene rings is 2. The molecule has 0 bridgehead atoms. The van der Waals surface area contributed by atoms with Crippen molar-refractivity contribution in [1.29, 1.82) is 0 Å². The van der Waals surface area contributed by atoms with Crippen LogP contribution in [-0.4, -0.2) is 15.7 Å². The van der Waals surface area contributed by atoms with Gasteiger partial charge in [0.1, 0.15) is 4.83 Å². The lowest BCUT2D eigenvalue weighted by Gasteiger charge is -2.26. The van der Waals surface area contributed by atoms with Crippen LogP contribution in [0.3, 0.4) is 0 Å². The minimum absolute atomic E-state index is 0.00287. The zero-order valence-corrected chi connectivity index (χ0v) is 17.4. The summed E-state index contributed by atoms with van der Waals surface area (Å²) in [6.07, 6.45) is 3.19. The molecule has 4 nitrogen and oxygen atoms in total. The van der Waals surface area contributed by atoms with Crippen LogP contribution in [0.25, 0.3) is 15.9 Å². The lowest BCUT2D eigenvalue weighted by Crippen LogP contribution is -2.30. The molecule has 1 aliphatic rings. The van der Waals surface area contributed by atoms with Crippen LogP contribution in [0.5, 0.6) is 0 Å². The molecular formula is C24H23N3OS. The van der Waals surface area contributed by atoms with E-state index in [0.29, 0.717) is 0 Å². The SMILES string of the molecule is Cc1cccc(-n2nc(C)c3cc(C(=O)N[C@H]4CCCc5ccccc54)sc32)c1. The molecule has 146 valence electrons. The summed E-state index contributed by atoms with van der Waals surface area (Å²) in [5.41, 5.74) is 5.77. The molecule has 0 saturated heterocycles. The van der Waals surface area contributed by atoms with Gasteiger partial charge in [-0.05, 0) is 68.0 Å². The van der Waals surface area contributed by atoms with Gasteiger partial charge in [-0.15, -0.1) is 11.3 Å². The average molecular weight is 402 g/mol. The fourth-order valence-corrected chi connectivity index (χ4v) is 5.31. The normalized spacial score (nSPS) is 16.0. The number of nitrogens with one attached hydrogen (secondary N) is 1. The quantitative estimate of drug-likeness (QED) is 0.492. The van der Waals surface area contributed by atoms with Gasteiger partial charge in [0.25, 0.3) is 5.91 Å². The number of amides is 1. The van der Waals surface area contributed by atoms with Crippen molar-refractivity contribution in [3.63, 3.8) is 0 Å². The predicted octanol–water partition coefficient (Wildman–Crippen LogP) is 5.51. The third-order valence-corrected chi connectivity index (χ3v) is 6.80. The van der Waals surface area contributed by atoms with Crippen molar-refractivity contribution in [2.24, 2.45) is 0 Å². The Labute approximate surface area is 174 Å². The third kappa shape index (κ3) is 3.25. The number of thiophene rings is 1. The van der Waals surface area contributed by atoms with E-state index in [4.69, 9.17) is 5.10 Å². The lowest BCUT2D eigenvalue weighted by molar-refractivity contribution is 0.0937. The minimum atomic E-state index is 0.00287. The molecule has 0 fully saturated rings. The number of fused-ring (bicyclic) bond motifs is 2. The molecule has 1 atom stereocenters. The number of aryl methyl sites for hydroxylation is 3. The van der Waals surface area contributed by atoms with Crippen molar-refractivity contribution in [1.82, 2.24) is 15.1 Å². The Bertz CT molecular complexity index is 1220. The second-order valence-electron chi connectivity index (χ2n) is 7.78. The lowest BCUT2D eigenvalue weighted by atomic mass is 9.88. The maximum atomic E-state index is 13.1. The number of nitrogens with zero attached hydrogens (tertiary/aromatic N) is 2. The van der Waals surface area contributed by atoms with E-state index in [0.717, 1.165) is 45.7 Å². The molecule has 29 heavy (non-hydrogen) atoms. The highest BCUT2D eigenvalue weighted by molar-refractivity contribution is 7.20. The Balaban J connectivity index is 1.47. The standard InChI is InChI=1S/C24H23N3OS/c1-15-7-5-10-18(13-15)27-24-20(16(2)26-27)14-22(29-24)23(28)25-21-12-6-9-17-8-3-4-11-19(17)21/h3-5,7-8,10-11,13-14,21H,6,9,12H2,1-2H3,(H,25,28)/t21-/m0/s1. The minimum Gasteiger partial charge on any atom is -0.345 e. The molecule has 0 unspecified atom stereocenters. The van der Waals surface area contributed by atoms with E-state index < -0.39 is 0 Å². The van der Waals surface area contributed by atoms with Crippen LogP contribution >= 0.6 is 11.3 Å². The molecule has 0 saturated carbocycles. The second-order valence-corrected chi connectivity index (χ2v) is 8.81. The topological polar surface area (TPSA) is 46.9 Å². The first-order valence-corrected chi connectivity index (χ1v) is 10.9. The van der Waals surface area contributed by atoms with Gasteiger partial charge in [-0.1, -0.05) is 36.4 Å². The van der Waals surface area contributed by atoms with Crippen molar-refractivity contribution in [2.45, 2.75) is 39.2 Å². The highest BCUT2D eigenvalue weighted by Gasteiger charge is 2.24. The van der Waals surface area contributed by atoms with Gasteiger partial charge in [-0.3, -0.25) is 4.79 Å². The van der Waals surface area contributed by atoms with Gasteiger partial charge in [-0.2, -0.15) is 5.10 Å². The molecule has 0 radical (unpaired) electrons. The van der Waals surface area contributed by atoms with Crippen LogP contribution in [0, 0.1) is 13.8 Å². The van der Waals surface area contributed by atoms with Gasteiger partial charge in [0, 0.05) is 5.39 Å². The molecule has 1 aliphatic carbocycles. The van der Waals surface area contributed by atoms with Crippen LogP contribution < -0.4 is 5.32 Å². The summed E-state index contributed by atoms with van der Waals surface area (Å²) in [4.78, 5) is 14.8. The molecule has 2 aromatic heterocycles. The molecule has 1 amide bonds. The molecule has 4 aromatic rings. The van der Waals surface area contributed by atoms with Crippen LogP contribution in [-0.2, 0) is 6.42 Å². The maximum absolute atomic E-state index is 13.1. The maximum Gasteiger partial charge on any atom is 0.261 e. The van der Waals surface area contributed by atoms with E-state index in [2.05, 4.69) is 54.7 Å². The van der Waals surface area contributed by atoms with E-state index >= 15 is 0 Å². The number of carbonyl (C=O) groups is 1. The van der Waals surface area contributed by atoms with Gasteiger partial charge in [0.15, 0.2) is 0 Å². The van der Waals surface area contributed by atoms with Gasteiger partial charge in [-0.25, -0.2) is 4.68 Å². The van der Waals surface area contributed by atoms with Crippen molar-refractivity contribution < 1.29 is 4.79 Å². The molecule has 0 spiro atoms. The second kappa shape index (κ2) is 7.16. The van der Waals surface area contributed by atoms with Crippen LogP contribution in [0.1, 0.15) is 50.9 Å². The van der Waals surface area contributed by atoms with E-state index in [1.54, 1.807) is 0 Å². The van der Waals surface area contributed by atoms with Crippen molar-refractivity contribution >= 4 is 27.5 Å². The van der Waals surface area contributed by atoms with Crippen molar-refractivity contribution in [3.8, 4) is 5.69 Å². The van der Waals surface area contributed by atoms with Crippen LogP contribution in [0.15, 0.2) is 54.6 Å². The number of carbonyl (C=O) groups excluding carboxylic acids is 1. The molecule has 5 heteroatoms. The van der Waals surface area contributed by atoms with Crippen molar-refractivity contribution in [3.05, 3.63) is 81.9 Å². The molecule has 2 aromatic carbocycles. The first-order chi connectivity index (χ1) is 14.1. The first-order valence-electron chi connectivity index (χ1n) is 10.0. The molecule has 2 heterocycles. The van der Waals surface area contributed by atoms with Crippen molar-refractivity contribution in [2.75, 3.05) is 0 Å². The molecule has 1 N–H and O–H groups in total. The zero-order valence-electron chi connectivity index (χ0n) is 16.6. The number of hydrogen-bond acceptors (Lipinski definition) is 3. The third-order valence-electron chi connectivity index (χ3n) is 5.69. The number of hydrogen-bond donors (Lipinski definition) is 1. The highest BCUT2D eigenvalue weighted by atomic mass is 32.1. The molecule has 5 rings (SSSR count).